The van der Waals surface area contributed by atoms with Gasteiger partial charge >= 0.3 is 5.69 Å². The summed E-state index contributed by atoms with van der Waals surface area (Å²) in [6, 6.07) is 2.96. The van der Waals surface area contributed by atoms with E-state index in [9.17, 15) is 14.5 Å². The molecule has 0 saturated heterocycles. The Kier molecular flexibility index (Phi) is 5.83. The quantitative estimate of drug-likeness (QED) is 0.424. The zero-order chi connectivity index (χ0) is 13.4. The first-order chi connectivity index (χ1) is 8.69. The van der Waals surface area contributed by atoms with E-state index in [1.54, 1.807) is 6.07 Å². The largest absolute Gasteiger partial charge is 0.370 e. The minimum atomic E-state index is -0.506. The average molecular weight is 256 g/mol. The van der Waals surface area contributed by atoms with Gasteiger partial charge in [-0.05, 0) is 18.9 Å². The normalized spacial score (nSPS) is 10.1. The number of nitrogens with one attached hydrogen (secondary N) is 2. The summed E-state index contributed by atoms with van der Waals surface area (Å²) in [5.74, 6) is 0.750. The first kappa shape index (κ1) is 14.1. The van der Waals surface area contributed by atoms with Crippen molar-refractivity contribution in [2.24, 2.45) is 0 Å². The highest BCUT2D eigenvalue weighted by Gasteiger charge is 2.15. The van der Waals surface area contributed by atoms with Gasteiger partial charge in [-0.2, -0.15) is 0 Å². The fourth-order valence-electron chi connectivity index (χ4n) is 1.35. The van der Waals surface area contributed by atoms with Crippen LogP contribution in [0.4, 0.5) is 21.7 Å². The highest BCUT2D eigenvalue weighted by atomic mass is 19.1. The van der Waals surface area contributed by atoms with E-state index in [-0.39, 0.29) is 11.5 Å². The van der Waals surface area contributed by atoms with Crippen LogP contribution < -0.4 is 10.6 Å². The monoisotopic (exact) mass is 256 g/mol. The first-order valence-electron chi connectivity index (χ1n) is 5.88. The molecule has 0 spiro atoms. The van der Waals surface area contributed by atoms with Crippen molar-refractivity contribution in [3.8, 4) is 0 Å². The van der Waals surface area contributed by atoms with Crippen molar-refractivity contribution in [2.75, 3.05) is 30.4 Å². The lowest BCUT2D eigenvalue weighted by molar-refractivity contribution is -0.384. The molecule has 6 nitrogen and oxygen atoms in total. The molecule has 0 aliphatic rings. The number of alkyl halides is 1. The minimum Gasteiger partial charge on any atom is -0.370 e. The van der Waals surface area contributed by atoms with Gasteiger partial charge in [-0.15, -0.1) is 0 Å². The third-order valence-electron chi connectivity index (χ3n) is 2.23. The van der Waals surface area contributed by atoms with Crippen LogP contribution in [0.2, 0.25) is 0 Å². The maximum Gasteiger partial charge on any atom is 0.311 e. The van der Waals surface area contributed by atoms with Crippen LogP contribution in [0, 0.1) is 10.1 Å². The highest BCUT2D eigenvalue weighted by Crippen LogP contribution is 2.23. The first-order valence-corrected chi connectivity index (χ1v) is 5.88. The van der Waals surface area contributed by atoms with Gasteiger partial charge in [0.15, 0.2) is 0 Å². The van der Waals surface area contributed by atoms with Crippen molar-refractivity contribution in [1.29, 1.82) is 0 Å². The van der Waals surface area contributed by atoms with Crippen molar-refractivity contribution in [2.45, 2.75) is 19.8 Å². The Labute approximate surface area is 105 Å². The molecule has 0 radical (unpaired) electrons. The van der Waals surface area contributed by atoms with Crippen molar-refractivity contribution >= 4 is 17.3 Å². The second-order valence-corrected chi connectivity index (χ2v) is 3.72. The van der Waals surface area contributed by atoms with Crippen molar-refractivity contribution < 1.29 is 9.31 Å². The average Bonchev–Trinajstić information content (AvgIpc) is 2.36. The summed E-state index contributed by atoms with van der Waals surface area (Å²) < 4.78 is 12.0. The van der Waals surface area contributed by atoms with E-state index in [4.69, 9.17) is 0 Å². The molecular formula is C11H17FN4O2. The second-order valence-electron chi connectivity index (χ2n) is 3.72. The molecule has 1 aromatic heterocycles. The maximum absolute atomic E-state index is 12.0. The topological polar surface area (TPSA) is 80.1 Å². The zero-order valence-corrected chi connectivity index (χ0v) is 10.3. The summed E-state index contributed by atoms with van der Waals surface area (Å²) >= 11 is 0. The van der Waals surface area contributed by atoms with Crippen LogP contribution in [-0.2, 0) is 0 Å². The Hall–Kier alpha value is -1.92. The highest BCUT2D eigenvalue weighted by molar-refractivity contribution is 5.60. The molecule has 0 bridgehead atoms. The SMILES string of the molecule is CCCNc1ccc([N+](=O)[O-])c(NCCCF)n1. The lowest BCUT2D eigenvalue weighted by Crippen LogP contribution is -2.09. The standard InChI is InChI=1S/C11H17FN4O2/c1-2-7-13-10-5-4-9(16(17)18)11(15-10)14-8-3-6-12/h4-5H,2-3,6-8H2,1H3,(H2,13,14,15). The molecule has 0 aromatic carbocycles. The summed E-state index contributed by atoms with van der Waals surface area (Å²) in [6.45, 7) is 2.61. The Morgan fingerprint density at radius 3 is 2.78 bits per heavy atom. The molecule has 18 heavy (non-hydrogen) atoms. The van der Waals surface area contributed by atoms with E-state index in [0.29, 0.717) is 18.8 Å². The number of aromatic nitrogens is 1. The zero-order valence-electron chi connectivity index (χ0n) is 10.3. The van der Waals surface area contributed by atoms with Gasteiger partial charge in [-0.25, -0.2) is 4.98 Å². The summed E-state index contributed by atoms with van der Waals surface area (Å²) in [6.07, 6.45) is 1.23. The number of halogens is 1. The van der Waals surface area contributed by atoms with Crippen molar-refractivity contribution in [1.82, 2.24) is 4.98 Å². The molecule has 0 atom stereocenters. The van der Waals surface area contributed by atoms with E-state index >= 15 is 0 Å². The van der Waals surface area contributed by atoms with E-state index in [1.165, 1.54) is 6.07 Å². The predicted molar refractivity (Wildman–Crippen MR) is 68.8 cm³/mol. The van der Waals surface area contributed by atoms with Crippen LogP contribution in [0.1, 0.15) is 19.8 Å². The molecule has 0 amide bonds. The van der Waals surface area contributed by atoms with Gasteiger partial charge in [0.2, 0.25) is 5.82 Å². The van der Waals surface area contributed by atoms with E-state index in [0.717, 1.165) is 13.0 Å². The number of nitro groups is 1. The Balaban J connectivity index is 2.82. The fourth-order valence-corrected chi connectivity index (χ4v) is 1.35. The van der Waals surface area contributed by atoms with Crippen LogP contribution in [0.5, 0.6) is 0 Å². The fraction of sp³-hybridized carbons (Fsp3) is 0.545. The molecule has 0 fully saturated rings. The molecule has 7 heteroatoms. The number of hydrogen-bond donors (Lipinski definition) is 2. The number of hydrogen-bond acceptors (Lipinski definition) is 5. The van der Waals surface area contributed by atoms with Gasteiger partial charge in [0, 0.05) is 19.2 Å². The van der Waals surface area contributed by atoms with Crippen LogP contribution in [-0.4, -0.2) is 29.7 Å². The number of pyridine rings is 1. The van der Waals surface area contributed by atoms with Crippen molar-refractivity contribution in [3.63, 3.8) is 0 Å². The van der Waals surface area contributed by atoms with Gasteiger partial charge in [0.1, 0.15) is 5.82 Å². The summed E-state index contributed by atoms with van der Waals surface area (Å²) in [5.41, 5.74) is -0.101. The van der Waals surface area contributed by atoms with Crippen LogP contribution in [0.25, 0.3) is 0 Å². The van der Waals surface area contributed by atoms with Crippen LogP contribution >= 0.6 is 0 Å². The molecule has 0 aliphatic carbocycles. The Morgan fingerprint density at radius 1 is 1.39 bits per heavy atom. The molecule has 100 valence electrons. The van der Waals surface area contributed by atoms with Gasteiger partial charge in [-0.3, -0.25) is 14.5 Å². The molecule has 1 aromatic rings. The van der Waals surface area contributed by atoms with Gasteiger partial charge < -0.3 is 10.6 Å². The van der Waals surface area contributed by atoms with Gasteiger partial charge in [0.25, 0.3) is 0 Å². The number of nitrogens with zero attached hydrogens (tertiary/aromatic N) is 2. The predicted octanol–water partition coefficient (Wildman–Crippen LogP) is 2.58. The van der Waals surface area contributed by atoms with E-state index in [1.807, 2.05) is 6.92 Å². The summed E-state index contributed by atoms with van der Waals surface area (Å²) in [5, 5.41) is 16.6. The van der Waals surface area contributed by atoms with Crippen LogP contribution in [0.15, 0.2) is 12.1 Å². The Bertz CT molecular complexity index is 401. The molecule has 1 rings (SSSR count). The van der Waals surface area contributed by atoms with E-state index < -0.39 is 11.6 Å². The molecule has 0 unspecified atom stereocenters. The third kappa shape index (κ3) is 4.15. The number of anilines is 2. The lowest BCUT2D eigenvalue weighted by atomic mass is 10.3. The van der Waals surface area contributed by atoms with E-state index in [2.05, 4.69) is 15.6 Å². The molecular weight excluding hydrogens is 239 g/mol. The number of rotatable bonds is 8. The van der Waals surface area contributed by atoms with Crippen LogP contribution in [0.3, 0.4) is 0 Å². The van der Waals surface area contributed by atoms with Gasteiger partial charge in [-0.1, -0.05) is 6.92 Å². The third-order valence-corrected chi connectivity index (χ3v) is 2.23. The summed E-state index contributed by atoms with van der Waals surface area (Å²) in [7, 11) is 0. The van der Waals surface area contributed by atoms with Gasteiger partial charge in [0.05, 0.1) is 11.6 Å². The molecule has 2 N–H and O–H groups in total. The van der Waals surface area contributed by atoms with Crippen molar-refractivity contribution in [3.05, 3.63) is 22.2 Å². The maximum atomic E-state index is 12.0. The molecule has 0 saturated carbocycles. The smallest absolute Gasteiger partial charge is 0.311 e. The Morgan fingerprint density at radius 2 is 2.17 bits per heavy atom. The molecule has 1 heterocycles. The molecule has 0 aliphatic heterocycles. The summed E-state index contributed by atoms with van der Waals surface area (Å²) in [4.78, 5) is 14.4. The second kappa shape index (κ2) is 7.41. The lowest BCUT2D eigenvalue weighted by Gasteiger charge is -2.08. The minimum absolute atomic E-state index is 0.101.